The van der Waals surface area contributed by atoms with E-state index in [4.69, 9.17) is 0 Å². The molecule has 4 nitrogen and oxygen atoms in total. The third-order valence-corrected chi connectivity index (χ3v) is 18.6. The summed E-state index contributed by atoms with van der Waals surface area (Å²) in [6.45, 7) is 15.0. The number of hydrogen-bond donors (Lipinski definition) is 0. The number of carbonyl (C=O) groups is 2. The van der Waals surface area contributed by atoms with Crippen LogP contribution in [0.3, 0.4) is 0 Å². The molecule has 2 aliphatic rings. The summed E-state index contributed by atoms with van der Waals surface area (Å²) in [5.74, 6) is 2.28. The lowest BCUT2D eigenvalue weighted by molar-refractivity contribution is -0.124. The van der Waals surface area contributed by atoms with Gasteiger partial charge in [0.25, 0.3) is 11.8 Å². The maximum absolute atomic E-state index is 15.2. The molecule has 0 spiro atoms. The second-order valence-electron chi connectivity index (χ2n) is 17.4. The highest BCUT2D eigenvalue weighted by atomic mass is 32.1. The molecule has 0 saturated carbocycles. The molecule has 8 rings (SSSR count). The van der Waals surface area contributed by atoms with Gasteiger partial charge >= 0.3 is 0 Å². The van der Waals surface area contributed by atoms with Crippen molar-refractivity contribution in [2.45, 2.75) is 92.9 Å². The predicted octanol–water partition coefficient (Wildman–Crippen LogP) is 16.2. The van der Waals surface area contributed by atoms with E-state index in [1.54, 1.807) is 68.0 Å². The van der Waals surface area contributed by atoms with Crippen molar-refractivity contribution in [2.75, 3.05) is 13.1 Å². The number of hydrogen-bond acceptors (Lipinski definition) is 8. The lowest BCUT2D eigenvalue weighted by Crippen LogP contribution is -2.31. The number of nitrogens with zero attached hydrogens (tertiary/aromatic N) is 2. The molecule has 6 aromatic rings. The zero-order valence-corrected chi connectivity index (χ0v) is 40.5. The molecule has 314 valence electrons. The van der Waals surface area contributed by atoms with Gasteiger partial charge in [0, 0.05) is 52.1 Å². The molecule has 0 radical (unpaired) electrons. The number of amides is 2. The van der Waals surface area contributed by atoms with Crippen LogP contribution in [0.25, 0.3) is 50.4 Å². The second kappa shape index (κ2) is 19.3. The molecule has 10 heteroatoms. The fourth-order valence-corrected chi connectivity index (χ4v) is 14.3. The first-order valence-corrected chi connectivity index (χ1v) is 26.7. The molecule has 2 atom stereocenters. The maximum Gasteiger partial charge on any atom is 0.261 e. The van der Waals surface area contributed by atoms with Crippen LogP contribution in [-0.4, -0.2) is 34.7 Å². The molecular weight excluding hydrogens is 853 g/mol. The minimum absolute atomic E-state index is 0.0256. The van der Waals surface area contributed by atoms with E-state index < -0.39 is 0 Å². The van der Waals surface area contributed by atoms with E-state index in [9.17, 15) is 0 Å². The highest BCUT2D eigenvalue weighted by Crippen LogP contribution is 2.51. The third-order valence-electron chi connectivity index (χ3n) is 11.7. The minimum atomic E-state index is -0.0256. The molecule has 0 bridgehead atoms. The molecular formula is C50H56N2O2S6. The summed E-state index contributed by atoms with van der Waals surface area (Å²) in [6, 6.07) is 26.1. The summed E-state index contributed by atoms with van der Waals surface area (Å²) in [4.78, 5) is 46.1. The molecule has 2 unspecified atom stereocenters. The van der Waals surface area contributed by atoms with E-state index in [2.05, 4.69) is 125 Å². The maximum atomic E-state index is 15.2. The van der Waals surface area contributed by atoms with Gasteiger partial charge in [-0.2, -0.15) is 0 Å². The SMILES string of the molecule is CC(C)CCCC(C)CCN1C(=O)C2=C(c3ccc(-c4ccc(-c5cccs5)s4)s3)N(CCC(C)CCCC(C)C)C(=O)C2=C1c1ccc(-c2ccc(-c3cccs3)s2)s1. The van der Waals surface area contributed by atoms with Crippen LogP contribution in [0.15, 0.2) is 94.7 Å². The molecule has 0 fully saturated rings. The fourth-order valence-electron chi connectivity index (χ4n) is 8.31. The molecule has 0 aromatic carbocycles. The van der Waals surface area contributed by atoms with Gasteiger partial charge in [-0.15, -0.1) is 68.0 Å². The first kappa shape index (κ1) is 43.3. The predicted molar refractivity (Wildman–Crippen MR) is 264 cm³/mol. The van der Waals surface area contributed by atoms with E-state index in [0.29, 0.717) is 47.9 Å². The van der Waals surface area contributed by atoms with E-state index in [0.717, 1.165) is 56.6 Å². The Bertz CT molecular complexity index is 2280. The van der Waals surface area contributed by atoms with E-state index in [1.165, 1.54) is 54.9 Å². The van der Waals surface area contributed by atoms with Crippen LogP contribution >= 0.6 is 68.0 Å². The second-order valence-corrected chi connectivity index (χ2v) is 23.6. The highest BCUT2D eigenvalue weighted by molar-refractivity contribution is 7.27. The molecule has 60 heavy (non-hydrogen) atoms. The van der Waals surface area contributed by atoms with Gasteiger partial charge in [-0.3, -0.25) is 9.59 Å². The lowest BCUT2D eigenvalue weighted by atomic mass is 9.97. The first-order chi connectivity index (χ1) is 29.0. The van der Waals surface area contributed by atoms with Crippen molar-refractivity contribution >= 4 is 91.2 Å². The van der Waals surface area contributed by atoms with Crippen LogP contribution in [0.1, 0.15) is 103 Å². The van der Waals surface area contributed by atoms with Gasteiger partial charge in [-0.05, 0) is 108 Å². The van der Waals surface area contributed by atoms with Gasteiger partial charge in [0.1, 0.15) is 0 Å². The molecule has 0 N–H and O–H groups in total. The Kier molecular flexibility index (Phi) is 14.0. The zero-order valence-electron chi connectivity index (χ0n) is 35.6. The summed E-state index contributed by atoms with van der Waals surface area (Å²) in [6.07, 6.45) is 8.92. The number of carbonyl (C=O) groups excluding carboxylic acids is 2. The quantitative estimate of drug-likeness (QED) is 0.0766. The number of fused-ring (bicyclic) bond motifs is 1. The van der Waals surface area contributed by atoms with Crippen LogP contribution in [0, 0.1) is 23.7 Å². The van der Waals surface area contributed by atoms with Gasteiger partial charge in [0.05, 0.1) is 32.3 Å². The van der Waals surface area contributed by atoms with Gasteiger partial charge in [0.15, 0.2) is 0 Å². The molecule has 0 aliphatic carbocycles. The van der Waals surface area contributed by atoms with Gasteiger partial charge < -0.3 is 9.80 Å². The Morgan fingerprint density at radius 2 is 0.750 bits per heavy atom. The first-order valence-electron chi connectivity index (χ1n) is 21.7. The van der Waals surface area contributed by atoms with Gasteiger partial charge in [-0.25, -0.2) is 0 Å². The van der Waals surface area contributed by atoms with Crippen molar-refractivity contribution in [1.29, 1.82) is 0 Å². The van der Waals surface area contributed by atoms with E-state index >= 15 is 9.59 Å². The molecule has 2 aliphatic heterocycles. The number of thiophene rings is 6. The van der Waals surface area contributed by atoms with Crippen LogP contribution in [-0.2, 0) is 9.59 Å². The molecule has 6 aromatic heterocycles. The normalized spacial score (nSPS) is 15.5. The minimum Gasteiger partial charge on any atom is -0.306 e. The zero-order chi connectivity index (χ0) is 41.9. The summed E-state index contributed by atoms with van der Waals surface area (Å²) in [5.41, 5.74) is 2.81. The Hall–Kier alpha value is -3.38. The molecule has 8 heterocycles. The summed E-state index contributed by atoms with van der Waals surface area (Å²) in [7, 11) is 0. The Labute approximate surface area is 380 Å². The van der Waals surface area contributed by atoms with Gasteiger partial charge in [-0.1, -0.05) is 92.2 Å². The van der Waals surface area contributed by atoms with E-state index in [-0.39, 0.29) is 11.8 Å². The average molecular weight is 909 g/mol. The highest BCUT2D eigenvalue weighted by Gasteiger charge is 2.49. The Morgan fingerprint density at radius 3 is 1.08 bits per heavy atom. The topological polar surface area (TPSA) is 40.6 Å². The van der Waals surface area contributed by atoms with Crippen molar-refractivity contribution in [2.24, 2.45) is 23.7 Å². The molecule has 2 amide bonds. The van der Waals surface area contributed by atoms with E-state index in [1.807, 2.05) is 9.80 Å². The van der Waals surface area contributed by atoms with Crippen molar-refractivity contribution < 1.29 is 9.59 Å². The summed E-state index contributed by atoms with van der Waals surface area (Å²) < 4.78 is 0. The van der Waals surface area contributed by atoms with Crippen LogP contribution in [0.4, 0.5) is 0 Å². The number of rotatable bonds is 20. The monoisotopic (exact) mass is 908 g/mol. The Balaban J connectivity index is 1.18. The average Bonchev–Trinajstić information content (AvgIpc) is 4.07. The van der Waals surface area contributed by atoms with Crippen LogP contribution < -0.4 is 0 Å². The smallest absolute Gasteiger partial charge is 0.261 e. The van der Waals surface area contributed by atoms with Crippen molar-refractivity contribution in [3.8, 4) is 39.0 Å². The summed E-state index contributed by atoms with van der Waals surface area (Å²) in [5, 5.41) is 4.25. The lowest BCUT2D eigenvalue weighted by Gasteiger charge is -2.26. The largest absolute Gasteiger partial charge is 0.306 e. The van der Waals surface area contributed by atoms with Crippen molar-refractivity contribution in [3.05, 3.63) is 104 Å². The van der Waals surface area contributed by atoms with Crippen LogP contribution in [0.2, 0.25) is 0 Å². The Morgan fingerprint density at radius 1 is 0.417 bits per heavy atom. The van der Waals surface area contributed by atoms with Crippen molar-refractivity contribution in [3.63, 3.8) is 0 Å². The van der Waals surface area contributed by atoms with Crippen LogP contribution in [0.5, 0.6) is 0 Å². The fraction of sp³-hybridized carbons (Fsp3) is 0.400. The summed E-state index contributed by atoms with van der Waals surface area (Å²) >= 11 is 10.5. The van der Waals surface area contributed by atoms with Crippen molar-refractivity contribution in [1.82, 2.24) is 9.80 Å². The molecule has 0 saturated heterocycles. The van der Waals surface area contributed by atoms with Gasteiger partial charge in [0.2, 0.25) is 0 Å². The standard InChI is InChI=1S/C50H56N2O2S6/c1-31(2)11-7-13-33(5)25-27-51-47(43-23-21-41(59-43)39-19-17-37(57-39)35-15-9-29-55-35)45-46(49(51)53)48(52(50(45)54)28-26-34(6)14-8-12-32(3)4)44-24-22-42(60-44)40-20-18-38(58-40)36-16-10-30-56-36/h9-10,15-24,29-34H,7-8,11-14,25-28H2,1-6H3. The third kappa shape index (κ3) is 9.49.